The fraction of sp³-hybridized carbons (Fsp3) is 0.250. The van der Waals surface area contributed by atoms with Crippen LogP contribution in [-0.4, -0.2) is 12.1 Å². The molecule has 0 N–H and O–H groups in total. The van der Waals surface area contributed by atoms with Crippen LogP contribution >= 0.6 is 0 Å². The smallest absolute Gasteiger partial charge is 0.222 e. The van der Waals surface area contributed by atoms with Crippen molar-refractivity contribution in [2.24, 2.45) is 0 Å². The third-order valence-electron chi connectivity index (χ3n) is 3.34. The largest absolute Gasteiger partial charge is 0.432 e. The van der Waals surface area contributed by atoms with E-state index >= 15 is 0 Å². The van der Waals surface area contributed by atoms with Gasteiger partial charge in [-0.2, -0.15) is 13.2 Å². The van der Waals surface area contributed by atoms with E-state index in [2.05, 4.69) is 0 Å². The van der Waals surface area contributed by atoms with Gasteiger partial charge in [0.05, 0.1) is 0 Å². The molecule has 1 atom stereocenters. The first kappa shape index (κ1) is 16.4. The lowest BCUT2D eigenvalue weighted by atomic mass is 9.85. The number of rotatable bonds is 4. The lowest BCUT2D eigenvalue weighted by Gasteiger charge is -2.35. The predicted octanol–water partition coefficient (Wildman–Crippen LogP) is 5.29. The third-order valence-corrected chi connectivity index (χ3v) is 3.34. The molecule has 0 saturated carbocycles. The van der Waals surface area contributed by atoms with Crippen molar-refractivity contribution in [1.29, 1.82) is 0 Å². The summed E-state index contributed by atoms with van der Waals surface area (Å²) in [5.41, 5.74) is -5.94. The van der Waals surface area contributed by atoms with E-state index in [1.807, 2.05) is 0 Å². The van der Waals surface area contributed by atoms with Crippen LogP contribution in [0.15, 0.2) is 60.7 Å². The van der Waals surface area contributed by atoms with Gasteiger partial charge in [0.15, 0.2) is 0 Å². The highest BCUT2D eigenvalue weighted by Gasteiger charge is 2.71. The average molecular weight is 318 g/mol. The lowest BCUT2D eigenvalue weighted by Crippen LogP contribution is -2.53. The molecule has 0 spiro atoms. The average Bonchev–Trinajstić information content (AvgIpc) is 2.46. The Kier molecular flexibility index (Phi) is 4.22. The van der Waals surface area contributed by atoms with Crippen LogP contribution in [0, 0.1) is 0 Å². The molecular formula is C16H12F6. The van der Waals surface area contributed by atoms with Crippen molar-refractivity contribution in [1.82, 2.24) is 0 Å². The molecule has 0 amide bonds. The molecular weight excluding hydrogens is 306 g/mol. The van der Waals surface area contributed by atoms with Crippen LogP contribution in [0.4, 0.5) is 26.3 Å². The Morgan fingerprint density at radius 1 is 0.636 bits per heavy atom. The Balaban J connectivity index is 2.49. The Morgan fingerprint density at radius 2 is 1.09 bits per heavy atom. The van der Waals surface area contributed by atoms with Gasteiger partial charge in [0.2, 0.25) is 0 Å². The summed E-state index contributed by atoms with van der Waals surface area (Å²) in [5, 5.41) is 0. The molecule has 0 aliphatic rings. The normalized spacial score (nSPS) is 15.4. The number of benzene rings is 2. The van der Waals surface area contributed by atoms with Crippen LogP contribution in [0.3, 0.4) is 0 Å². The zero-order chi connectivity index (χ0) is 16.4. The molecule has 0 nitrogen and oxygen atoms in total. The van der Waals surface area contributed by atoms with Gasteiger partial charge in [0, 0.05) is 12.0 Å². The second kappa shape index (κ2) is 5.66. The first-order valence-electron chi connectivity index (χ1n) is 6.41. The van der Waals surface area contributed by atoms with Crippen molar-refractivity contribution in [3.8, 4) is 0 Å². The summed E-state index contributed by atoms with van der Waals surface area (Å²) >= 11 is 0. The van der Waals surface area contributed by atoms with Gasteiger partial charge in [-0.15, -0.1) is 0 Å². The third kappa shape index (κ3) is 2.82. The highest BCUT2D eigenvalue weighted by atomic mass is 19.4. The molecule has 6 heteroatoms. The standard InChI is InChI=1S/C16H12F6/c17-14(18,11-12-7-3-1-4-8-12)15(19,16(20,21)22)13-9-5-2-6-10-13/h1-10H,11H2. The van der Waals surface area contributed by atoms with Crippen molar-refractivity contribution < 1.29 is 26.3 Å². The molecule has 1 unspecified atom stereocenters. The Bertz CT molecular complexity index is 606. The molecule has 0 saturated heterocycles. The minimum absolute atomic E-state index is 0.0743. The molecule has 0 radical (unpaired) electrons. The highest BCUT2D eigenvalue weighted by molar-refractivity contribution is 5.29. The molecule has 0 bridgehead atoms. The molecule has 0 heterocycles. The number of hydrogen-bond donors (Lipinski definition) is 0. The first-order valence-corrected chi connectivity index (χ1v) is 6.41. The monoisotopic (exact) mass is 318 g/mol. The summed E-state index contributed by atoms with van der Waals surface area (Å²) in [4.78, 5) is 0. The van der Waals surface area contributed by atoms with Crippen LogP contribution in [-0.2, 0) is 12.1 Å². The highest BCUT2D eigenvalue weighted by Crippen LogP contribution is 2.53. The fourth-order valence-electron chi connectivity index (χ4n) is 2.22. The maximum absolute atomic E-state index is 14.6. The molecule has 0 aromatic heterocycles. The van der Waals surface area contributed by atoms with Gasteiger partial charge in [0.25, 0.3) is 11.6 Å². The lowest BCUT2D eigenvalue weighted by molar-refractivity contribution is -0.309. The zero-order valence-corrected chi connectivity index (χ0v) is 11.2. The topological polar surface area (TPSA) is 0 Å². The predicted molar refractivity (Wildman–Crippen MR) is 70.4 cm³/mol. The van der Waals surface area contributed by atoms with Crippen LogP contribution in [0.25, 0.3) is 0 Å². The van der Waals surface area contributed by atoms with Gasteiger partial charge < -0.3 is 0 Å². The van der Waals surface area contributed by atoms with Crippen molar-refractivity contribution >= 4 is 0 Å². The van der Waals surface area contributed by atoms with Gasteiger partial charge in [-0.1, -0.05) is 60.7 Å². The molecule has 0 fully saturated rings. The van der Waals surface area contributed by atoms with E-state index < -0.39 is 29.8 Å². The maximum Gasteiger partial charge on any atom is 0.432 e. The Labute approximate surface area is 123 Å². The maximum atomic E-state index is 14.6. The number of halogens is 6. The summed E-state index contributed by atoms with van der Waals surface area (Å²) in [6.07, 6.45) is -7.09. The summed E-state index contributed by atoms with van der Waals surface area (Å²) in [6, 6.07) is 11.7. The second-order valence-corrected chi connectivity index (χ2v) is 4.89. The summed E-state index contributed by atoms with van der Waals surface area (Å²) in [7, 11) is 0. The summed E-state index contributed by atoms with van der Waals surface area (Å²) < 4.78 is 82.5. The second-order valence-electron chi connectivity index (χ2n) is 4.89. The van der Waals surface area contributed by atoms with Crippen molar-refractivity contribution in [3.63, 3.8) is 0 Å². The molecule has 2 aromatic rings. The van der Waals surface area contributed by atoms with E-state index in [9.17, 15) is 26.3 Å². The van der Waals surface area contributed by atoms with E-state index in [1.54, 1.807) is 0 Å². The van der Waals surface area contributed by atoms with Crippen LogP contribution in [0.2, 0.25) is 0 Å². The van der Waals surface area contributed by atoms with Gasteiger partial charge in [-0.05, 0) is 5.56 Å². The van der Waals surface area contributed by atoms with Gasteiger partial charge in [-0.25, -0.2) is 13.2 Å². The quantitative estimate of drug-likeness (QED) is 0.672. The fourth-order valence-corrected chi connectivity index (χ4v) is 2.22. The van der Waals surface area contributed by atoms with Crippen LogP contribution in [0.5, 0.6) is 0 Å². The Hall–Kier alpha value is -1.98. The molecule has 118 valence electrons. The van der Waals surface area contributed by atoms with Crippen molar-refractivity contribution in [2.45, 2.75) is 24.2 Å². The van der Waals surface area contributed by atoms with Gasteiger partial charge >= 0.3 is 6.18 Å². The SMILES string of the molecule is FC(F)(F)C(F)(c1ccccc1)C(F)(F)Cc1ccccc1. The van der Waals surface area contributed by atoms with Crippen molar-refractivity contribution in [3.05, 3.63) is 71.8 Å². The summed E-state index contributed by atoms with van der Waals surface area (Å²) in [6.45, 7) is 0. The number of hydrogen-bond acceptors (Lipinski definition) is 0. The molecule has 0 aliphatic carbocycles. The molecule has 0 aliphatic heterocycles. The van der Waals surface area contributed by atoms with Crippen molar-refractivity contribution in [2.75, 3.05) is 0 Å². The van der Waals surface area contributed by atoms with E-state index in [-0.39, 0.29) is 5.56 Å². The van der Waals surface area contributed by atoms with E-state index in [1.165, 1.54) is 36.4 Å². The van der Waals surface area contributed by atoms with E-state index in [4.69, 9.17) is 0 Å². The van der Waals surface area contributed by atoms with E-state index in [0.29, 0.717) is 12.1 Å². The van der Waals surface area contributed by atoms with E-state index in [0.717, 1.165) is 12.1 Å². The Morgan fingerprint density at radius 3 is 1.55 bits per heavy atom. The zero-order valence-electron chi connectivity index (χ0n) is 11.2. The summed E-state index contributed by atoms with van der Waals surface area (Å²) in [5.74, 6) is -4.64. The molecule has 22 heavy (non-hydrogen) atoms. The van der Waals surface area contributed by atoms with Gasteiger partial charge in [0.1, 0.15) is 0 Å². The molecule has 2 rings (SSSR count). The van der Waals surface area contributed by atoms with Crippen LogP contribution < -0.4 is 0 Å². The minimum atomic E-state index is -5.74. The number of alkyl halides is 6. The van der Waals surface area contributed by atoms with Crippen LogP contribution in [0.1, 0.15) is 11.1 Å². The van der Waals surface area contributed by atoms with Gasteiger partial charge in [-0.3, -0.25) is 0 Å². The molecule has 2 aromatic carbocycles. The first-order chi connectivity index (χ1) is 10.2. The minimum Gasteiger partial charge on any atom is -0.222 e.